The third-order valence-electron chi connectivity index (χ3n) is 4.25. The monoisotopic (exact) mass is 308 g/mol. The van der Waals surface area contributed by atoms with Gasteiger partial charge in [0.1, 0.15) is 0 Å². The maximum atomic E-state index is 2.65. The van der Waals surface area contributed by atoms with Crippen molar-refractivity contribution in [3.05, 3.63) is 53.0 Å². The lowest BCUT2D eigenvalue weighted by Gasteiger charge is -2.15. The average molecular weight is 308 g/mol. The first-order valence-corrected chi connectivity index (χ1v) is 10.9. The second kappa shape index (κ2) is 8.00. The normalized spacial score (nSPS) is 12.4. The zero-order valence-corrected chi connectivity index (χ0v) is 15.9. The van der Waals surface area contributed by atoms with E-state index in [1.54, 1.807) is 0 Å². The third kappa shape index (κ3) is 4.74. The van der Waals surface area contributed by atoms with Gasteiger partial charge in [-0.25, -0.2) is 0 Å². The molecule has 0 aromatic heterocycles. The van der Waals surface area contributed by atoms with Crippen LogP contribution in [-0.4, -0.2) is 14.1 Å². The quantitative estimate of drug-likeness (QED) is 0.528. The first-order valence-electron chi connectivity index (χ1n) is 8.64. The molecular weight excluding hydrogens is 279 g/mol. The highest BCUT2D eigenvalue weighted by Crippen LogP contribution is 2.26. The lowest BCUT2D eigenvalue weighted by Crippen LogP contribution is -2.15. The Morgan fingerprint density at radius 2 is 1.50 bits per heavy atom. The van der Waals surface area contributed by atoms with Crippen LogP contribution in [0.3, 0.4) is 0 Å². The van der Waals surface area contributed by atoms with Gasteiger partial charge in [0.2, 0.25) is 0 Å². The van der Waals surface area contributed by atoms with Gasteiger partial charge in [0, 0.05) is 0 Å². The van der Waals surface area contributed by atoms with Gasteiger partial charge in [-0.15, -0.1) is 4.94 Å². The molecule has 0 aliphatic rings. The molecule has 0 radical (unpaired) electrons. The summed E-state index contributed by atoms with van der Waals surface area (Å²) in [6.45, 7) is 11.8. The highest BCUT2D eigenvalue weighted by atomic mass is 27.2. The largest absolute Gasteiger partial charge is 0.295 e. The third-order valence-corrected chi connectivity index (χ3v) is 8.32. The van der Waals surface area contributed by atoms with E-state index in [1.165, 1.54) is 32.5 Å². The van der Waals surface area contributed by atoms with E-state index in [4.69, 9.17) is 0 Å². The van der Waals surface area contributed by atoms with Gasteiger partial charge < -0.3 is 0 Å². The van der Waals surface area contributed by atoms with Crippen molar-refractivity contribution in [1.82, 2.24) is 0 Å². The Morgan fingerprint density at radius 1 is 0.909 bits per heavy atom. The van der Waals surface area contributed by atoms with E-state index in [9.17, 15) is 0 Å². The minimum Gasteiger partial charge on any atom is -0.141 e. The van der Waals surface area contributed by atoms with Gasteiger partial charge in [0.25, 0.3) is 14.1 Å². The highest BCUT2D eigenvalue weighted by Gasteiger charge is 2.18. The summed E-state index contributed by atoms with van der Waals surface area (Å²) >= 11 is -0.820. The Morgan fingerprint density at radius 3 is 2.14 bits per heavy atom. The van der Waals surface area contributed by atoms with Crippen molar-refractivity contribution in [3.63, 3.8) is 0 Å². The summed E-state index contributed by atoms with van der Waals surface area (Å²) in [5, 5.41) is 5.57. The summed E-state index contributed by atoms with van der Waals surface area (Å²) in [6.07, 6.45) is 0. The standard InChI is InChI=1S/C13H11.2C4H9.Al/c1-10(2)12-9-5-7-11-6-3-4-8-13(11)12;2*1-4(2)3;/h1,3-9H,2H3;2*4H,1H2,2-3H3;. The van der Waals surface area contributed by atoms with E-state index < -0.39 is 14.1 Å². The smallest absolute Gasteiger partial charge is 0.141 e. The Kier molecular flexibility index (Phi) is 6.30. The zero-order chi connectivity index (χ0) is 16.1. The molecule has 0 N–H and O–H groups in total. The van der Waals surface area contributed by atoms with Crippen LogP contribution in [-0.2, 0) is 0 Å². The minimum absolute atomic E-state index is 0.812. The number of hydrogen-bond donors (Lipinski definition) is 0. The first kappa shape index (κ1) is 17.3. The number of allylic oxidation sites excluding steroid dienone is 1. The molecular formula is C21H29Al. The van der Waals surface area contributed by atoms with E-state index in [2.05, 4.69) is 82.0 Å². The molecule has 0 spiro atoms. The minimum atomic E-state index is -0.820. The number of rotatable bonds is 6. The van der Waals surface area contributed by atoms with Crippen molar-refractivity contribution >= 4 is 30.5 Å². The molecule has 0 heterocycles. The van der Waals surface area contributed by atoms with Crippen LogP contribution in [0.4, 0.5) is 0 Å². The molecule has 2 aromatic rings. The summed E-state index contributed by atoms with van der Waals surface area (Å²) in [5.41, 5.74) is 2.90. The molecule has 0 fully saturated rings. The van der Waals surface area contributed by atoms with Crippen LogP contribution in [0, 0.1) is 11.8 Å². The summed E-state index contributed by atoms with van der Waals surface area (Å²) in [4.78, 5) is 2.65. The van der Waals surface area contributed by atoms with Crippen molar-refractivity contribution < 1.29 is 0 Å². The fourth-order valence-electron chi connectivity index (χ4n) is 3.46. The maximum absolute atomic E-state index is 2.65. The number of hydrogen-bond acceptors (Lipinski definition) is 0. The van der Waals surface area contributed by atoms with Gasteiger partial charge in [0.05, 0.1) is 0 Å². The van der Waals surface area contributed by atoms with Crippen LogP contribution in [0.2, 0.25) is 10.6 Å². The highest BCUT2D eigenvalue weighted by molar-refractivity contribution is 6.65. The van der Waals surface area contributed by atoms with Crippen LogP contribution in [0.1, 0.15) is 40.2 Å². The predicted molar refractivity (Wildman–Crippen MR) is 103 cm³/mol. The fraction of sp³-hybridized carbons (Fsp3) is 0.429. The van der Waals surface area contributed by atoms with Crippen molar-refractivity contribution in [2.24, 2.45) is 11.8 Å². The van der Waals surface area contributed by atoms with Gasteiger partial charge in [-0.1, -0.05) is 98.1 Å². The average Bonchev–Trinajstić information content (AvgIpc) is 2.45. The second-order valence-corrected chi connectivity index (χ2v) is 10.2. The van der Waals surface area contributed by atoms with E-state index >= 15 is 0 Å². The van der Waals surface area contributed by atoms with Crippen molar-refractivity contribution in [3.8, 4) is 0 Å². The van der Waals surface area contributed by atoms with Gasteiger partial charge >= 0.3 is 0 Å². The summed E-state index contributed by atoms with van der Waals surface area (Å²) in [6, 6.07) is 15.4. The first-order chi connectivity index (χ1) is 10.5. The molecule has 116 valence electrons. The molecule has 22 heavy (non-hydrogen) atoms. The molecule has 0 atom stereocenters. The molecule has 0 bridgehead atoms. The summed E-state index contributed by atoms with van der Waals surface area (Å²) < 4.78 is 0. The number of benzene rings is 2. The van der Waals surface area contributed by atoms with Crippen LogP contribution in [0.25, 0.3) is 16.3 Å². The Labute approximate surface area is 140 Å². The van der Waals surface area contributed by atoms with E-state index in [0.29, 0.717) is 0 Å². The van der Waals surface area contributed by atoms with Crippen LogP contribution in [0.5, 0.6) is 0 Å². The molecule has 0 amide bonds. The molecule has 2 aromatic carbocycles. The molecule has 0 saturated heterocycles. The van der Waals surface area contributed by atoms with Crippen molar-refractivity contribution in [1.29, 1.82) is 0 Å². The van der Waals surface area contributed by atoms with Crippen LogP contribution < -0.4 is 0 Å². The SMILES string of the molecule is C/C(=[CH]\[Al]([CH2]C(C)C)[CH2]C(C)C)c1cccc2ccccc12. The number of fused-ring (bicyclic) bond motifs is 1. The Balaban J connectivity index is 2.35. The van der Waals surface area contributed by atoms with E-state index in [0.717, 1.165) is 11.8 Å². The van der Waals surface area contributed by atoms with Gasteiger partial charge in [-0.2, -0.15) is 0 Å². The van der Waals surface area contributed by atoms with Crippen molar-refractivity contribution in [2.75, 3.05) is 0 Å². The fourth-order valence-corrected chi connectivity index (χ4v) is 7.23. The Bertz CT molecular complexity index is 622. The molecule has 0 nitrogen and oxygen atoms in total. The molecule has 0 aliphatic carbocycles. The Hall–Kier alpha value is -1.03. The molecule has 0 saturated carbocycles. The topological polar surface area (TPSA) is 0 Å². The lowest BCUT2D eigenvalue weighted by atomic mass is 10.0. The van der Waals surface area contributed by atoms with Gasteiger partial charge in [0.15, 0.2) is 0 Å². The van der Waals surface area contributed by atoms with E-state index in [1.807, 2.05) is 0 Å². The zero-order valence-electron chi connectivity index (χ0n) is 14.8. The molecule has 1 heteroatoms. The molecule has 2 rings (SSSR count). The van der Waals surface area contributed by atoms with Crippen LogP contribution >= 0.6 is 0 Å². The van der Waals surface area contributed by atoms with Gasteiger partial charge in [-0.3, -0.25) is 0 Å². The summed E-state index contributed by atoms with van der Waals surface area (Å²) in [7, 11) is 0. The molecule has 0 aliphatic heterocycles. The maximum Gasteiger partial charge on any atom is 0.295 e. The van der Waals surface area contributed by atoms with Crippen LogP contribution in [0.15, 0.2) is 47.4 Å². The van der Waals surface area contributed by atoms with Crippen molar-refractivity contribution in [2.45, 2.75) is 45.2 Å². The van der Waals surface area contributed by atoms with E-state index in [-0.39, 0.29) is 0 Å². The lowest BCUT2D eigenvalue weighted by molar-refractivity contribution is 0.694. The summed E-state index contributed by atoms with van der Waals surface area (Å²) in [5.74, 6) is 1.62. The van der Waals surface area contributed by atoms with Gasteiger partial charge in [-0.05, 0) is 23.3 Å². The second-order valence-electron chi connectivity index (χ2n) is 7.40. The predicted octanol–water partition coefficient (Wildman–Crippen LogP) is 6.59. The molecule has 0 unspecified atom stereocenters.